The molecule has 4 saturated carbocycles. The van der Waals surface area contributed by atoms with Crippen molar-refractivity contribution in [2.24, 2.45) is 17.8 Å². The van der Waals surface area contributed by atoms with Crippen molar-refractivity contribution in [2.75, 3.05) is 18.4 Å². The highest BCUT2D eigenvalue weighted by Crippen LogP contribution is 2.55. The molecule has 4 aliphatic rings. The summed E-state index contributed by atoms with van der Waals surface area (Å²) in [5.41, 5.74) is 1.32. The van der Waals surface area contributed by atoms with Gasteiger partial charge in [0.2, 0.25) is 5.95 Å². The lowest BCUT2D eigenvalue weighted by molar-refractivity contribution is -0.0188. The van der Waals surface area contributed by atoms with Gasteiger partial charge < -0.3 is 10.6 Å². The smallest absolute Gasteiger partial charge is 0.212 e. The zero-order valence-corrected chi connectivity index (χ0v) is 12.4. The third-order valence-electron chi connectivity index (χ3n) is 5.72. The van der Waals surface area contributed by atoms with Crippen molar-refractivity contribution in [1.29, 1.82) is 0 Å². The molecule has 0 saturated heterocycles. The van der Waals surface area contributed by atoms with Gasteiger partial charge in [-0.1, -0.05) is 0 Å². The number of rotatable bonds is 5. The van der Waals surface area contributed by atoms with E-state index in [2.05, 4.69) is 15.6 Å². The fraction of sp³-hybridized carbons (Fsp3) is 0.706. The van der Waals surface area contributed by atoms with Gasteiger partial charge in [0.05, 0.1) is 11.9 Å². The van der Waals surface area contributed by atoms with Gasteiger partial charge in [-0.3, -0.25) is 0 Å². The van der Waals surface area contributed by atoms with E-state index in [1.54, 1.807) is 12.3 Å². The summed E-state index contributed by atoms with van der Waals surface area (Å²) in [6.07, 6.45) is 10.2. The third kappa shape index (κ3) is 2.78. The predicted molar refractivity (Wildman–Crippen MR) is 81.6 cm³/mol. The van der Waals surface area contributed by atoms with E-state index in [0.717, 1.165) is 36.5 Å². The van der Waals surface area contributed by atoms with Crippen molar-refractivity contribution in [3.05, 3.63) is 24.3 Å². The molecule has 21 heavy (non-hydrogen) atoms. The van der Waals surface area contributed by atoms with Gasteiger partial charge in [0.1, 0.15) is 0 Å². The van der Waals surface area contributed by atoms with Crippen LogP contribution in [0.3, 0.4) is 0 Å². The molecule has 0 amide bonds. The first-order valence-electron chi connectivity index (χ1n) is 8.31. The van der Waals surface area contributed by atoms with Crippen LogP contribution in [0, 0.1) is 23.7 Å². The second-order valence-corrected chi connectivity index (χ2v) is 7.42. The first-order valence-corrected chi connectivity index (χ1v) is 8.31. The van der Waals surface area contributed by atoms with E-state index >= 15 is 0 Å². The van der Waals surface area contributed by atoms with Crippen LogP contribution < -0.4 is 10.6 Å². The van der Waals surface area contributed by atoms with Crippen LogP contribution in [0.25, 0.3) is 0 Å². The van der Waals surface area contributed by atoms with Gasteiger partial charge in [-0.25, -0.2) is 4.98 Å². The second-order valence-electron chi connectivity index (χ2n) is 7.42. The van der Waals surface area contributed by atoms with Gasteiger partial charge in [-0.05, 0) is 68.4 Å². The van der Waals surface area contributed by atoms with Gasteiger partial charge in [0, 0.05) is 18.6 Å². The van der Waals surface area contributed by atoms with Gasteiger partial charge in [0.15, 0.2) is 0 Å². The highest BCUT2D eigenvalue weighted by atomic mass is 19.1. The molecule has 0 aromatic carbocycles. The van der Waals surface area contributed by atoms with E-state index in [1.807, 2.05) is 0 Å². The third-order valence-corrected chi connectivity index (χ3v) is 5.72. The van der Waals surface area contributed by atoms with Crippen molar-refractivity contribution in [3.8, 4) is 0 Å². The minimum absolute atomic E-state index is 0.424. The number of nitrogens with zero attached hydrogens (tertiary/aromatic N) is 1. The van der Waals surface area contributed by atoms with E-state index in [9.17, 15) is 4.39 Å². The molecule has 4 bridgehead atoms. The fourth-order valence-electron chi connectivity index (χ4n) is 5.34. The van der Waals surface area contributed by atoms with Gasteiger partial charge in [0.25, 0.3) is 0 Å². The highest BCUT2D eigenvalue weighted by molar-refractivity contribution is 5.39. The number of aromatic nitrogens is 1. The van der Waals surface area contributed by atoms with E-state index in [0.29, 0.717) is 5.54 Å². The molecule has 0 aliphatic heterocycles. The lowest BCUT2D eigenvalue weighted by Gasteiger charge is -2.57. The fourth-order valence-corrected chi connectivity index (χ4v) is 5.34. The van der Waals surface area contributed by atoms with Crippen LogP contribution in [0.2, 0.25) is 0 Å². The monoisotopic (exact) mass is 289 g/mol. The molecule has 0 unspecified atom stereocenters. The summed E-state index contributed by atoms with van der Waals surface area (Å²) in [4.78, 5) is 3.66. The molecule has 3 nitrogen and oxygen atoms in total. The standard InChI is InChI=1S/C17H24FN3/c18-16-2-1-15(11-20-16)19-3-4-21-17-8-12-5-13(9-17)7-14(6-12)10-17/h1-2,11-14,19,21H,3-10H2. The van der Waals surface area contributed by atoms with Crippen LogP contribution in [-0.2, 0) is 0 Å². The molecule has 1 aromatic heterocycles. The molecule has 5 rings (SSSR count). The van der Waals surface area contributed by atoms with Crippen LogP contribution in [0.1, 0.15) is 38.5 Å². The lowest BCUT2D eigenvalue weighted by Crippen LogP contribution is -2.59. The largest absolute Gasteiger partial charge is 0.383 e. The molecule has 0 radical (unpaired) electrons. The zero-order valence-electron chi connectivity index (χ0n) is 12.4. The number of hydrogen-bond donors (Lipinski definition) is 2. The van der Waals surface area contributed by atoms with Crippen LogP contribution >= 0.6 is 0 Å². The SMILES string of the molecule is Fc1ccc(NCCNC23CC4CC(CC(C4)C2)C3)cn1. The Morgan fingerprint density at radius 1 is 1.05 bits per heavy atom. The maximum absolute atomic E-state index is 12.7. The maximum Gasteiger partial charge on any atom is 0.212 e. The molecular weight excluding hydrogens is 265 g/mol. The summed E-state index contributed by atoms with van der Waals surface area (Å²) < 4.78 is 12.7. The summed E-state index contributed by atoms with van der Waals surface area (Å²) >= 11 is 0. The minimum Gasteiger partial charge on any atom is -0.383 e. The summed E-state index contributed by atoms with van der Waals surface area (Å²) in [5, 5.41) is 7.16. The molecule has 4 fully saturated rings. The van der Waals surface area contributed by atoms with Crippen LogP contribution in [0.4, 0.5) is 10.1 Å². The van der Waals surface area contributed by atoms with E-state index < -0.39 is 5.95 Å². The Balaban J connectivity index is 1.28. The Kier molecular flexibility index (Phi) is 3.37. The van der Waals surface area contributed by atoms with Crippen LogP contribution in [0.15, 0.2) is 18.3 Å². The van der Waals surface area contributed by atoms with Crippen LogP contribution in [-0.4, -0.2) is 23.6 Å². The Labute approximate surface area is 125 Å². The number of nitrogens with one attached hydrogen (secondary N) is 2. The van der Waals surface area contributed by atoms with Gasteiger partial charge in [-0.2, -0.15) is 4.39 Å². The van der Waals surface area contributed by atoms with E-state index in [-0.39, 0.29) is 0 Å². The topological polar surface area (TPSA) is 37.0 Å². The second kappa shape index (κ2) is 5.24. The molecular formula is C17H24FN3. The Bertz CT molecular complexity index is 464. The highest BCUT2D eigenvalue weighted by Gasteiger charge is 2.50. The molecule has 4 heteroatoms. The number of anilines is 1. The van der Waals surface area contributed by atoms with E-state index in [1.165, 1.54) is 44.6 Å². The number of halogens is 1. The first-order chi connectivity index (χ1) is 10.2. The summed E-state index contributed by atoms with van der Waals surface area (Å²) in [6, 6.07) is 3.14. The average molecular weight is 289 g/mol. The van der Waals surface area contributed by atoms with Crippen molar-refractivity contribution in [2.45, 2.75) is 44.1 Å². The van der Waals surface area contributed by atoms with E-state index in [4.69, 9.17) is 0 Å². The minimum atomic E-state index is -0.424. The van der Waals surface area contributed by atoms with Crippen molar-refractivity contribution in [3.63, 3.8) is 0 Å². The van der Waals surface area contributed by atoms with Gasteiger partial charge in [-0.15, -0.1) is 0 Å². The Morgan fingerprint density at radius 2 is 1.71 bits per heavy atom. The Morgan fingerprint density at radius 3 is 2.29 bits per heavy atom. The lowest BCUT2D eigenvalue weighted by atomic mass is 9.53. The van der Waals surface area contributed by atoms with Crippen molar-refractivity contribution >= 4 is 5.69 Å². The molecule has 0 atom stereocenters. The summed E-state index contributed by atoms with van der Waals surface area (Å²) in [6.45, 7) is 1.85. The number of pyridine rings is 1. The maximum atomic E-state index is 12.7. The molecule has 114 valence electrons. The van der Waals surface area contributed by atoms with Crippen LogP contribution in [0.5, 0.6) is 0 Å². The summed E-state index contributed by atoms with van der Waals surface area (Å²) in [7, 11) is 0. The normalized spacial score (nSPS) is 36.9. The van der Waals surface area contributed by atoms with Gasteiger partial charge >= 0.3 is 0 Å². The average Bonchev–Trinajstić information content (AvgIpc) is 2.44. The molecule has 2 N–H and O–H groups in total. The first kappa shape index (κ1) is 13.5. The molecule has 0 spiro atoms. The van der Waals surface area contributed by atoms with Crippen molar-refractivity contribution < 1.29 is 4.39 Å². The summed E-state index contributed by atoms with van der Waals surface area (Å²) in [5.74, 6) is 2.53. The number of hydrogen-bond acceptors (Lipinski definition) is 3. The molecule has 4 aliphatic carbocycles. The molecule has 1 heterocycles. The quantitative estimate of drug-likeness (QED) is 0.645. The van der Waals surface area contributed by atoms with Crippen molar-refractivity contribution in [1.82, 2.24) is 10.3 Å². The molecule has 1 aromatic rings. The predicted octanol–water partition coefficient (Wildman–Crippen LogP) is 3.19. The Hall–Kier alpha value is -1.16. The zero-order chi connectivity index (χ0) is 14.3.